The predicted molar refractivity (Wildman–Crippen MR) is 131 cm³/mol. The zero-order valence-electron chi connectivity index (χ0n) is 19.4. The molecule has 0 radical (unpaired) electrons. The Labute approximate surface area is 204 Å². The molecule has 0 spiro atoms. The number of amides is 1. The van der Waals surface area contributed by atoms with Gasteiger partial charge < -0.3 is 9.42 Å². The van der Waals surface area contributed by atoms with Gasteiger partial charge in [-0.1, -0.05) is 78.0 Å². The third kappa shape index (κ3) is 5.46. The molecular weight excluding hydrogens is 443 g/mol. The molecule has 6 nitrogen and oxygen atoms in total. The molecule has 0 bridgehead atoms. The molecule has 0 saturated carbocycles. The highest BCUT2D eigenvalue weighted by atomic mass is 19.1. The molecule has 1 saturated heterocycles. The summed E-state index contributed by atoms with van der Waals surface area (Å²) in [5, 5.41) is 3.92. The first-order chi connectivity index (χ1) is 17.2. The Kier molecular flexibility index (Phi) is 6.95. The van der Waals surface area contributed by atoms with Gasteiger partial charge in [-0.25, -0.2) is 4.39 Å². The van der Waals surface area contributed by atoms with E-state index in [2.05, 4.69) is 63.6 Å². The van der Waals surface area contributed by atoms with E-state index in [1.807, 2.05) is 17.0 Å². The van der Waals surface area contributed by atoms with E-state index < -0.39 is 0 Å². The van der Waals surface area contributed by atoms with E-state index in [1.165, 1.54) is 23.3 Å². The van der Waals surface area contributed by atoms with Crippen LogP contribution in [0.3, 0.4) is 0 Å². The number of carbonyl (C=O) groups excluding carboxylic acids is 1. The van der Waals surface area contributed by atoms with Gasteiger partial charge in [-0.15, -0.1) is 0 Å². The Morgan fingerprint density at radius 1 is 0.886 bits per heavy atom. The molecule has 0 atom stereocenters. The molecule has 1 amide bonds. The van der Waals surface area contributed by atoms with Crippen molar-refractivity contribution in [1.82, 2.24) is 19.9 Å². The zero-order valence-corrected chi connectivity index (χ0v) is 19.4. The molecule has 5 rings (SSSR count). The van der Waals surface area contributed by atoms with E-state index >= 15 is 0 Å². The Balaban J connectivity index is 1.18. The summed E-state index contributed by atoms with van der Waals surface area (Å²) in [4.78, 5) is 21.5. The molecule has 1 aliphatic heterocycles. The highest BCUT2D eigenvalue weighted by Crippen LogP contribution is 2.29. The summed E-state index contributed by atoms with van der Waals surface area (Å²) >= 11 is 0. The van der Waals surface area contributed by atoms with E-state index in [4.69, 9.17) is 4.52 Å². The third-order valence-electron chi connectivity index (χ3n) is 6.37. The maximum Gasteiger partial charge on any atom is 0.227 e. The molecule has 1 aromatic heterocycles. The van der Waals surface area contributed by atoms with Crippen molar-refractivity contribution in [1.29, 1.82) is 0 Å². The van der Waals surface area contributed by atoms with Gasteiger partial charge in [0.2, 0.25) is 17.6 Å². The second kappa shape index (κ2) is 10.6. The minimum atomic E-state index is -0.357. The molecular formula is C28H27FN4O2. The number of rotatable bonds is 7. The molecule has 0 unspecified atom stereocenters. The lowest BCUT2D eigenvalue weighted by atomic mass is 9.96. The van der Waals surface area contributed by atoms with E-state index in [9.17, 15) is 9.18 Å². The van der Waals surface area contributed by atoms with Gasteiger partial charge >= 0.3 is 0 Å². The normalized spacial score (nSPS) is 14.4. The highest BCUT2D eigenvalue weighted by Gasteiger charge is 2.28. The van der Waals surface area contributed by atoms with Crippen LogP contribution in [0.4, 0.5) is 4.39 Å². The summed E-state index contributed by atoms with van der Waals surface area (Å²) in [5.74, 6) is 0.425. The van der Waals surface area contributed by atoms with Crippen LogP contribution in [0.25, 0.3) is 11.4 Å². The minimum Gasteiger partial charge on any atom is -0.340 e. The van der Waals surface area contributed by atoms with Crippen molar-refractivity contribution in [3.63, 3.8) is 0 Å². The standard InChI is InChI=1S/C28H27FN4O2/c29-24-13-7-12-23(20-24)28-30-25(35-31-28)14-15-26(34)32-16-18-33(19-17-32)27(21-8-3-1-4-9-21)22-10-5-2-6-11-22/h1-13,20,27H,14-19H2. The number of hydrogen-bond donors (Lipinski definition) is 0. The third-order valence-corrected chi connectivity index (χ3v) is 6.37. The van der Waals surface area contributed by atoms with Crippen LogP contribution in [-0.4, -0.2) is 52.0 Å². The van der Waals surface area contributed by atoms with Crippen molar-refractivity contribution in [3.05, 3.63) is 108 Å². The molecule has 4 aromatic rings. The topological polar surface area (TPSA) is 62.5 Å². The van der Waals surface area contributed by atoms with Crippen LogP contribution >= 0.6 is 0 Å². The van der Waals surface area contributed by atoms with Crippen LogP contribution in [0.1, 0.15) is 29.5 Å². The van der Waals surface area contributed by atoms with Gasteiger partial charge in [0.15, 0.2) is 0 Å². The molecule has 178 valence electrons. The Hall–Kier alpha value is -3.84. The van der Waals surface area contributed by atoms with Crippen LogP contribution in [0.2, 0.25) is 0 Å². The maximum absolute atomic E-state index is 13.4. The summed E-state index contributed by atoms with van der Waals surface area (Å²) in [6, 6.07) is 27.2. The van der Waals surface area contributed by atoms with Crippen LogP contribution in [-0.2, 0) is 11.2 Å². The van der Waals surface area contributed by atoms with Gasteiger partial charge in [-0.2, -0.15) is 4.98 Å². The van der Waals surface area contributed by atoms with Crippen molar-refractivity contribution >= 4 is 5.91 Å². The van der Waals surface area contributed by atoms with E-state index in [-0.39, 0.29) is 17.8 Å². The van der Waals surface area contributed by atoms with Crippen LogP contribution in [0, 0.1) is 5.82 Å². The molecule has 35 heavy (non-hydrogen) atoms. The lowest BCUT2D eigenvalue weighted by molar-refractivity contribution is -0.133. The number of benzene rings is 3. The first-order valence-corrected chi connectivity index (χ1v) is 11.9. The summed E-state index contributed by atoms with van der Waals surface area (Å²) in [6.45, 7) is 2.94. The van der Waals surface area contributed by atoms with Crippen LogP contribution < -0.4 is 0 Å². The molecule has 2 heterocycles. The SMILES string of the molecule is O=C(CCc1nc(-c2cccc(F)c2)no1)N1CCN(C(c2ccccc2)c2ccccc2)CC1. The monoisotopic (exact) mass is 470 g/mol. The molecule has 0 N–H and O–H groups in total. The van der Waals surface area contributed by atoms with E-state index in [0.717, 1.165) is 13.1 Å². The Morgan fingerprint density at radius 2 is 1.54 bits per heavy atom. The number of carbonyl (C=O) groups is 1. The number of aromatic nitrogens is 2. The van der Waals surface area contributed by atoms with E-state index in [0.29, 0.717) is 43.2 Å². The van der Waals surface area contributed by atoms with Crippen molar-refractivity contribution < 1.29 is 13.7 Å². The molecule has 0 aliphatic carbocycles. The number of nitrogens with zero attached hydrogens (tertiary/aromatic N) is 4. The quantitative estimate of drug-likeness (QED) is 0.390. The van der Waals surface area contributed by atoms with Gasteiger partial charge in [0.1, 0.15) is 5.82 Å². The van der Waals surface area contributed by atoms with Gasteiger partial charge in [-0.3, -0.25) is 9.69 Å². The lowest BCUT2D eigenvalue weighted by Gasteiger charge is -2.39. The van der Waals surface area contributed by atoms with Gasteiger partial charge in [0, 0.05) is 44.6 Å². The summed E-state index contributed by atoms with van der Waals surface area (Å²) < 4.78 is 18.7. The first-order valence-electron chi connectivity index (χ1n) is 11.9. The number of piperazine rings is 1. The van der Waals surface area contributed by atoms with Crippen molar-refractivity contribution in [2.45, 2.75) is 18.9 Å². The average Bonchev–Trinajstić information content (AvgIpc) is 3.38. The number of aryl methyl sites for hydroxylation is 1. The summed E-state index contributed by atoms with van der Waals surface area (Å²) in [5.41, 5.74) is 3.06. The molecule has 7 heteroatoms. The number of hydrogen-bond acceptors (Lipinski definition) is 5. The van der Waals surface area contributed by atoms with E-state index in [1.54, 1.807) is 12.1 Å². The van der Waals surface area contributed by atoms with Gasteiger partial charge in [0.05, 0.1) is 6.04 Å². The molecule has 1 fully saturated rings. The highest BCUT2D eigenvalue weighted by molar-refractivity contribution is 5.76. The second-order valence-electron chi connectivity index (χ2n) is 8.66. The van der Waals surface area contributed by atoms with Crippen LogP contribution in [0.5, 0.6) is 0 Å². The van der Waals surface area contributed by atoms with Crippen LogP contribution in [0.15, 0.2) is 89.5 Å². The average molecular weight is 471 g/mol. The fraction of sp³-hybridized carbons (Fsp3) is 0.250. The summed E-state index contributed by atoms with van der Waals surface area (Å²) in [7, 11) is 0. The van der Waals surface area contributed by atoms with Gasteiger partial charge in [-0.05, 0) is 23.3 Å². The zero-order chi connectivity index (χ0) is 24.0. The Bertz CT molecular complexity index is 1210. The second-order valence-corrected chi connectivity index (χ2v) is 8.66. The van der Waals surface area contributed by atoms with Crippen molar-refractivity contribution in [3.8, 4) is 11.4 Å². The summed E-state index contributed by atoms with van der Waals surface area (Å²) in [6.07, 6.45) is 0.656. The predicted octanol–water partition coefficient (Wildman–Crippen LogP) is 4.74. The largest absolute Gasteiger partial charge is 0.340 e. The van der Waals surface area contributed by atoms with Crippen molar-refractivity contribution in [2.75, 3.05) is 26.2 Å². The van der Waals surface area contributed by atoms with Crippen molar-refractivity contribution in [2.24, 2.45) is 0 Å². The fourth-order valence-corrected chi connectivity index (χ4v) is 4.59. The molecule has 1 aliphatic rings. The first kappa shape index (κ1) is 22.9. The van der Waals surface area contributed by atoms with Gasteiger partial charge in [0.25, 0.3) is 0 Å². The number of halogens is 1. The fourth-order valence-electron chi connectivity index (χ4n) is 4.59. The lowest BCUT2D eigenvalue weighted by Crippen LogP contribution is -2.49. The molecule has 3 aromatic carbocycles. The minimum absolute atomic E-state index is 0.0751. The smallest absolute Gasteiger partial charge is 0.227 e. The Morgan fingerprint density at radius 3 is 2.17 bits per heavy atom. The maximum atomic E-state index is 13.4.